The van der Waals surface area contributed by atoms with Gasteiger partial charge in [0.05, 0.1) is 11.5 Å². The highest BCUT2D eigenvalue weighted by molar-refractivity contribution is 7.89. The molecule has 1 aromatic carbocycles. The van der Waals surface area contributed by atoms with E-state index in [1.807, 2.05) is 6.92 Å². The highest BCUT2D eigenvalue weighted by Crippen LogP contribution is 2.19. The summed E-state index contributed by atoms with van der Waals surface area (Å²) in [6.45, 7) is 4.34. The summed E-state index contributed by atoms with van der Waals surface area (Å²) in [7, 11) is -2.00. The van der Waals surface area contributed by atoms with Crippen molar-refractivity contribution in [1.82, 2.24) is 4.31 Å². The van der Waals surface area contributed by atoms with Crippen LogP contribution in [0.1, 0.15) is 19.4 Å². The third kappa shape index (κ3) is 3.76. The Labute approximate surface area is 125 Å². The number of methoxy groups -OCH3 is 1. The molecule has 1 aromatic rings. The van der Waals surface area contributed by atoms with E-state index in [4.69, 9.17) is 22.7 Å². The van der Waals surface area contributed by atoms with Crippen LogP contribution >= 0.6 is 12.2 Å². The number of benzene rings is 1. The topological polar surface area (TPSA) is 72.6 Å². The highest BCUT2D eigenvalue weighted by Gasteiger charge is 2.27. The van der Waals surface area contributed by atoms with Gasteiger partial charge in [0.15, 0.2) is 0 Å². The first-order chi connectivity index (χ1) is 9.34. The molecule has 0 bridgehead atoms. The quantitative estimate of drug-likeness (QED) is 0.769. The molecule has 0 aliphatic rings. The third-order valence-corrected chi connectivity index (χ3v) is 5.30. The minimum absolute atomic E-state index is 0.224. The molecule has 5 nitrogen and oxygen atoms in total. The number of nitrogens with two attached hydrogens (primary N) is 1. The summed E-state index contributed by atoms with van der Waals surface area (Å²) in [4.78, 5) is 0.469. The molecule has 0 spiro atoms. The number of likely N-dealkylation sites (N-methyl/N-ethyl adjacent to an activating group) is 1. The molecule has 0 amide bonds. The van der Waals surface area contributed by atoms with Crippen molar-refractivity contribution >= 4 is 27.2 Å². The minimum atomic E-state index is -3.55. The molecule has 7 heteroatoms. The lowest BCUT2D eigenvalue weighted by Gasteiger charge is -2.26. The molecule has 0 aliphatic carbocycles. The lowest BCUT2D eigenvalue weighted by Crippen LogP contribution is -2.40. The molecule has 0 aromatic heterocycles. The van der Waals surface area contributed by atoms with Gasteiger partial charge >= 0.3 is 0 Å². The van der Waals surface area contributed by atoms with Crippen LogP contribution in [-0.2, 0) is 14.8 Å². The number of sulfonamides is 1. The van der Waals surface area contributed by atoms with E-state index in [9.17, 15) is 8.42 Å². The van der Waals surface area contributed by atoms with Crippen LogP contribution in [0, 0.1) is 0 Å². The Morgan fingerprint density at radius 3 is 2.35 bits per heavy atom. The van der Waals surface area contributed by atoms with Crippen LogP contribution in [0.2, 0.25) is 0 Å². The summed E-state index contributed by atoms with van der Waals surface area (Å²) in [5.41, 5.74) is 6.15. The maximum Gasteiger partial charge on any atom is 0.243 e. The van der Waals surface area contributed by atoms with Crippen molar-refractivity contribution < 1.29 is 13.2 Å². The van der Waals surface area contributed by atoms with Crippen molar-refractivity contribution in [2.45, 2.75) is 24.8 Å². The van der Waals surface area contributed by atoms with E-state index in [0.717, 1.165) is 0 Å². The molecule has 0 aliphatic heterocycles. The molecule has 1 atom stereocenters. The Kier molecular flexibility index (Phi) is 6.07. The second-order valence-corrected chi connectivity index (χ2v) is 6.73. The van der Waals surface area contributed by atoms with Gasteiger partial charge in [-0.2, -0.15) is 4.31 Å². The zero-order valence-electron chi connectivity index (χ0n) is 11.9. The van der Waals surface area contributed by atoms with Gasteiger partial charge in [0.1, 0.15) is 4.99 Å². The number of ether oxygens (including phenoxy) is 1. The summed E-state index contributed by atoms with van der Waals surface area (Å²) in [5, 5.41) is 0. The van der Waals surface area contributed by atoms with Gasteiger partial charge < -0.3 is 10.5 Å². The van der Waals surface area contributed by atoms with Gasteiger partial charge in [-0.05, 0) is 19.1 Å². The van der Waals surface area contributed by atoms with E-state index in [2.05, 4.69) is 0 Å². The van der Waals surface area contributed by atoms with Crippen molar-refractivity contribution in [2.24, 2.45) is 5.73 Å². The average molecular weight is 316 g/mol. The van der Waals surface area contributed by atoms with Crippen molar-refractivity contribution in [3.05, 3.63) is 29.8 Å². The normalized spacial score (nSPS) is 13.4. The summed E-state index contributed by atoms with van der Waals surface area (Å²) >= 11 is 4.85. The SMILES string of the molecule is CCN(C(C)COC)S(=O)(=O)c1ccc(C(N)=S)cc1. The summed E-state index contributed by atoms with van der Waals surface area (Å²) in [6.07, 6.45) is 0. The van der Waals surface area contributed by atoms with E-state index >= 15 is 0 Å². The summed E-state index contributed by atoms with van der Waals surface area (Å²) in [6, 6.07) is 6.04. The van der Waals surface area contributed by atoms with E-state index in [0.29, 0.717) is 18.7 Å². The van der Waals surface area contributed by atoms with Crippen LogP contribution in [0.5, 0.6) is 0 Å². The van der Waals surface area contributed by atoms with Gasteiger partial charge in [-0.25, -0.2) is 8.42 Å². The van der Waals surface area contributed by atoms with Crippen LogP contribution in [0.15, 0.2) is 29.2 Å². The predicted octanol–water partition coefficient (Wildman–Crippen LogP) is 1.37. The molecule has 112 valence electrons. The van der Waals surface area contributed by atoms with Gasteiger partial charge in [-0.15, -0.1) is 0 Å². The fourth-order valence-corrected chi connectivity index (χ4v) is 3.73. The van der Waals surface area contributed by atoms with E-state index in [-0.39, 0.29) is 15.9 Å². The summed E-state index contributed by atoms with van der Waals surface area (Å²) < 4.78 is 31.6. The molecule has 0 saturated carbocycles. The molecule has 1 rings (SSSR count). The largest absolute Gasteiger partial charge is 0.389 e. The maximum absolute atomic E-state index is 12.6. The van der Waals surface area contributed by atoms with Crippen LogP contribution in [0.3, 0.4) is 0 Å². The number of hydrogen-bond acceptors (Lipinski definition) is 4. The van der Waals surface area contributed by atoms with Crippen molar-refractivity contribution in [3.63, 3.8) is 0 Å². The van der Waals surface area contributed by atoms with Crippen LogP contribution in [0.25, 0.3) is 0 Å². The monoisotopic (exact) mass is 316 g/mol. The molecule has 2 N–H and O–H groups in total. The van der Waals surface area contributed by atoms with Crippen molar-refractivity contribution in [3.8, 4) is 0 Å². The predicted molar refractivity (Wildman–Crippen MR) is 83.2 cm³/mol. The first kappa shape index (κ1) is 17.0. The number of rotatable bonds is 7. The Morgan fingerprint density at radius 2 is 1.95 bits per heavy atom. The van der Waals surface area contributed by atoms with Crippen LogP contribution < -0.4 is 5.73 Å². The van der Waals surface area contributed by atoms with E-state index < -0.39 is 10.0 Å². The Hall–Kier alpha value is -1.02. The number of nitrogens with zero attached hydrogens (tertiary/aromatic N) is 1. The number of thiocarbonyl (C=S) groups is 1. The zero-order chi connectivity index (χ0) is 15.3. The Bertz CT molecular complexity index is 555. The number of hydrogen-bond donors (Lipinski definition) is 1. The second kappa shape index (κ2) is 7.12. The van der Waals surface area contributed by atoms with Gasteiger partial charge in [-0.3, -0.25) is 0 Å². The molecule has 0 radical (unpaired) electrons. The second-order valence-electron chi connectivity index (χ2n) is 4.40. The molecular weight excluding hydrogens is 296 g/mol. The highest BCUT2D eigenvalue weighted by atomic mass is 32.2. The zero-order valence-corrected chi connectivity index (χ0v) is 13.5. The molecule has 0 fully saturated rings. The van der Waals surface area contributed by atoms with Gasteiger partial charge in [0, 0.05) is 25.3 Å². The lowest BCUT2D eigenvalue weighted by atomic mass is 10.2. The average Bonchev–Trinajstić information content (AvgIpc) is 2.39. The van der Waals surface area contributed by atoms with E-state index in [1.54, 1.807) is 26.2 Å². The van der Waals surface area contributed by atoms with Crippen LogP contribution in [-0.4, -0.2) is 44.0 Å². The Morgan fingerprint density at radius 1 is 1.40 bits per heavy atom. The first-order valence-corrected chi connectivity index (χ1v) is 8.10. The first-order valence-electron chi connectivity index (χ1n) is 6.25. The molecular formula is C13H20N2O3S2. The smallest absolute Gasteiger partial charge is 0.243 e. The van der Waals surface area contributed by atoms with Gasteiger partial charge in [-0.1, -0.05) is 31.3 Å². The van der Waals surface area contributed by atoms with Crippen molar-refractivity contribution in [1.29, 1.82) is 0 Å². The fourth-order valence-electron chi connectivity index (χ4n) is 1.97. The Balaban J connectivity index is 3.10. The van der Waals surface area contributed by atoms with Crippen LogP contribution in [0.4, 0.5) is 0 Å². The van der Waals surface area contributed by atoms with E-state index in [1.165, 1.54) is 16.4 Å². The van der Waals surface area contributed by atoms with Gasteiger partial charge in [0.25, 0.3) is 0 Å². The van der Waals surface area contributed by atoms with Crippen molar-refractivity contribution in [2.75, 3.05) is 20.3 Å². The standard InChI is InChI=1S/C13H20N2O3S2/c1-4-15(10(2)9-18-3)20(16,17)12-7-5-11(6-8-12)13(14)19/h5-8,10H,4,9H2,1-3H3,(H2,14,19). The maximum atomic E-state index is 12.6. The minimum Gasteiger partial charge on any atom is -0.389 e. The molecule has 0 saturated heterocycles. The lowest BCUT2D eigenvalue weighted by molar-refractivity contribution is 0.142. The third-order valence-electron chi connectivity index (χ3n) is 2.96. The molecule has 20 heavy (non-hydrogen) atoms. The summed E-state index contributed by atoms with van der Waals surface area (Å²) in [5.74, 6) is 0. The van der Waals surface area contributed by atoms with Gasteiger partial charge in [0.2, 0.25) is 10.0 Å². The molecule has 1 unspecified atom stereocenters. The molecule has 0 heterocycles. The fraction of sp³-hybridized carbons (Fsp3) is 0.462.